The molecule has 0 saturated heterocycles. The summed E-state index contributed by atoms with van der Waals surface area (Å²) in [4.78, 5) is 11.8. The zero-order valence-corrected chi connectivity index (χ0v) is 15.6. The number of urea groups is 1. The highest BCUT2D eigenvalue weighted by Gasteiger charge is 2.06. The van der Waals surface area contributed by atoms with Gasteiger partial charge in [-0.3, -0.25) is 0 Å². The molecule has 0 heterocycles. The number of hydrogen-bond acceptors (Lipinski definition) is 3. The van der Waals surface area contributed by atoms with Gasteiger partial charge in [0.1, 0.15) is 5.82 Å². The third-order valence-electron chi connectivity index (χ3n) is 3.69. The molecule has 27 heavy (non-hydrogen) atoms. The number of carbonyl (C=O) groups excluding carboxylic acids is 1. The standard InChI is InChI=1S/C21H25FN2O3/c1-3-26-19-10-9-16(15-20(19)27-4-2)11-13-23-21(25)24-14-12-17-7-5-6-8-18(17)22/h5-10,12,14-15H,3-4,11,13H2,1-2H3,(H2,23,24,25)/b14-12+. The Bertz CT molecular complexity index is 778. The molecular weight excluding hydrogens is 347 g/mol. The third kappa shape index (κ3) is 6.66. The topological polar surface area (TPSA) is 59.6 Å². The van der Waals surface area contributed by atoms with Crippen molar-refractivity contribution in [3.63, 3.8) is 0 Å². The van der Waals surface area contributed by atoms with Crippen LogP contribution < -0.4 is 20.1 Å². The maximum absolute atomic E-state index is 13.5. The van der Waals surface area contributed by atoms with Gasteiger partial charge in [0.05, 0.1) is 13.2 Å². The first-order valence-corrected chi connectivity index (χ1v) is 8.98. The average molecular weight is 372 g/mol. The summed E-state index contributed by atoms with van der Waals surface area (Å²) in [5, 5.41) is 5.32. The number of rotatable bonds is 9. The highest BCUT2D eigenvalue weighted by atomic mass is 19.1. The Morgan fingerprint density at radius 1 is 1.07 bits per heavy atom. The Hall–Kier alpha value is -3.02. The highest BCUT2D eigenvalue weighted by molar-refractivity contribution is 5.75. The lowest BCUT2D eigenvalue weighted by molar-refractivity contribution is 0.244. The van der Waals surface area contributed by atoms with Crippen LogP contribution in [-0.2, 0) is 6.42 Å². The molecule has 0 unspecified atom stereocenters. The predicted octanol–water partition coefficient (Wildman–Crippen LogP) is 4.14. The lowest BCUT2D eigenvalue weighted by Crippen LogP contribution is -2.33. The average Bonchev–Trinajstić information content (AvgIpc) is 2.66. The number of ether oxygens (including phenoxy) is 2. The maximum Gasteiger partial charge on any atom is 0.318 e. The third-order valence-corrected chi connectivity index (χ3v) is 3.69. The van der Waals surface area contributed by atoms with E-state index < -0.39 is 0 Å². The molecule has 0 saturated carbocycles. The highest BCUT2D eigenvalue weighted by Crippen LogP contribution is 2.28. The molecule has 144 valence electrons. The van der Waals surface area contributed by atoms with Crippen LogP contribution in [0.3, 0.4) is 0 Å². The fraction of sp³-hybridized carbons (Fsp3) is 0.286. The summed E-state index contributed by atoms with van der Waals surface area (Å²) >= 11 is 0. The van der Waals surface area contributed by atoms with E-state index in [1.807, 2.05) is 32.0 Å². The van der Waals surface area contributed by atoms with Crippen molar-refractivity contribution in [3.8, 4) is 11.5 Å². The molecule has 0 spiro atoms. The SMILES string of the molecule is CCOc1ccc(CCNC(=O)N/C=C/c2ccccc2F)cc1OCC. The Morgan fingerprint density at radius 3 is 2.56 bits per heavy atom. The molecule has 2 amide bonds. The molecule has 5 nitrogen and oxygen atoms in total. The second-order valence-corrected chi connectivity index (χ2v) is 5.65. The number of nitrogens with one attached hydrogen (secondary N) is 2. The van der Waals surface area contributed by atoms with E-state index in [-0.39, 0.29) is 11.8 Å². The Labute approximate surface area is 159 Å². The molecule has 6 heteroatoms. The molecule has 0 atom stereocenters. The number of amides is 2. The summed E-state index contributed by atoms with van der Waals surface area (Å²) in [6.07, 6.45) is 3.57. The number of carbonyl (C=O) groups is 1. The van der Waals surface area contributed by atoms with Crippen molar-refractivity contribution in [1.82, 2.24) is 10.6 Å². The van der Waals surface area contributed by atoms with Gasteiger partial charge in [-0.1, -0.05) is 24.3 Å². The first-order valence-electron chi connectivity index (χ1n) is 8.98. The van der Waals surface area contributed by atoms with Crippen LogP contribution in [0.25, 0.3) is 6.08 Å². The number of hydrogen-bond donors (Lipinski definition) is 2. The van der Waals surface area contributed by atoms with E-state index >= 15 is 0 Å². The monoisotopic (exact) mass is 372 g/mol. The van der Waals surface area contributed by atoms with Gasteiger partial charge < -0.3 is 20.1 Å². The predicted molar refractivity (Wildman–Crippen MR) is 104 cm³/mol. The molecular formula is C21H25FN2O3. The van der Waals surface area contributed by atoms with Gasteiger partial charge in [0.15, 0.2) is 11.5 Å². The normalized spacial score (nSPS) is 10.6. The van der Waals surface area contributed by atoms with Gasteiger partial charge in [0, 0.05) is 18.3 Å². The molecule has 0 fully saturated rings. The molecule has 2 aromatic rings. The van der Waals surface area contributed by atoms with Crippen LogP contribution in [0.15, 0.2) is 48.7 Å². The lowest BCUT2D eigenvalue weighted by atomic mass is 10.1. The van der Waals surface area contributed by atoms with Crippen LogP contribution in [0, 0.1) is 5.82 Å². The smallest absolute Gasteiger partial charge is 0.318 e. The van der Waals surface area contributed by atoms with Crippen molar-refractivity contribution < 1.29 is 18.7 Å². The van der Waals surface area contributed by atoms with Crippen molar-refractivity contribution >= 4 is 12.1 Å². The van der Waals surface area contributed by atoms with E-state index in [1.54, 1.807) is 18.2 Å². The summed E-state index contributed by atoms with van der Waals surface area (Å²) in [5.74, 6) is 1.08. The van der Waals surface area contributed by atoms with Crippen molar-refractivity contribution in [2.75, 3.05) is 19.8 Å². The maximum atomic E-state index is 13.5. The molecule has 0 aliphatic heterocycles. The van der Waals surface area contributed by atoms with Crippen LogP contribution in [-0.4, -0.2) is 25.8 Å². The van der Waals surface area contributed by atoms with Crippen molar-refractivity contribution in [3.05, 3.63) is 65.6 Å². The van der Waals surface area contributed by atoms with Crippen LogP contribution >= 0.6 is 0 Å². The summed E-state index contributed by atoms with van der Waals surface area (Å²) < 4.78 is 24.6. The zero-order chi connectivity index (χ0) is 19.5. The van der Waals surface area contributed by atoms with Crippen molar-refractivity contribution in [1.29, 1.82) is 0 Å². The Balaban J connectivity index is 1.80. The van der Waals surface area contributed by atoms with Gasteiger partial charge in [0.2, 0.25) is 0 Å². The van der Waals surface area contributed by atoms with E-state index in [1.165, 1.54) is 18.3 Å². The van der Waals surface area contributed by atoms with Crippen LogP contribution in [0.1, 0.15) is 25.0 Å². The molecule has 2 N–H and O–H groups in total. The van der Waals surface area contributed by atoms with E-state index in [0.29, 0.717) is 43.2 Å². The van der Waals surface area contributed by atoms with Gasteiger partial charge in [-0.05, 0) is 50.1 Å². The second kappa shape index (κ2) is 10.9. The quantitative estimate of drug-likeness (QED) is 0.696. The Kier molecular flexibility index (Phi) is 8.16. The zero-order valence-electron chi connectivity index (χ0n) is 15.6. The first-order chi connectivity index (χ1) is 13.1. The summed E-state index contributed by atoms with van der Waals surface area (Å²) in [6.45, 7) is 5.43. The van der Waals surface area contributed by atoms with Crippen molar-refractivity contribution in [2.45, 2.75) is 20.3 Å². The fourth-order valence-corrected chi connectivity index (χ4v) is 2.44. The molecule has 2 aromatic carbocycles. The Morgan fingerprint density at radius 2 is 1.81 bits per heavy atom. The molecule has 0 radical (unpaired) electrons. The minimum atomic E-state index is -0.349. The van der Waals surface area contributed by atoms with E-state index in [2.05, 4.69) is 10.6 Å². The number of halogens is 1. The largest absolute Gasteiger partial charge is 0.490 e. The summed E-state index contributed by atoms with van der Waals surface area (Å²) in [7, 11) is 0. The van der Waals surface area contributed by atoms with Gasteiger partial charge >= 0.3 is 6.03 Å². The lowest BCUT2D eigenvalue weighted by Gasteiger charge is -2.12. The summed E-state index contributed by atoms with van der Waals surface area (Å²) in [5.41, 5.74) is 1.44. The molecule has 0 bridgehead atoms. The van der Waals surface area contributed by atoms with E-state index in [9.17, 15) is 9.18 Å². The van der Waals surface area contributed by atoms with Gasteiger partial charge in [0.25, 0.3) is 0 Å². The van der Waals surface area contributed by atoms with Gasteiger partial charge in [-0.15, -0.1) is 0 Å². The fourth-order valence-electron chi connectivity index (χ4n) is 2.44. The van der Waals surface area contributed by atoms with E-state index in [4.69, 9.17) is 9.47 Å². The van der Waals surface area contributed by atoms with Crippen LogP contribution in [0.2, 0.25) is 0 Å². The van der Waals surface area contributed by atoms with E-state index in [0.717, 1.165) is 5.56 Å². The molecule has 2 rings (SSSR count). The molecule has 0 aliphatic rings. The van der Waals surface area contributed by atoms with Crippen molar-refractivity contribution in [2.24, 2.45) is 0 Å². The van der Waals surface area contributed by atoms with Gasteiger partial charge in [-0.25, -0.2) is 9.18 Å². The number of benzene rings is 2. The van der Waals surface area contributed by atoms with Crippen LogP contribution in [0.4, 0.5) is 9.18 Å². The minimum absolute atomic E-state index is 0.337. The summed E-state index contributed by atoms with van der Waals surface area (Å²) in [6, 6.07) is 11.7. The minimum Gasteiger partial charge on any atom is -0.490 e. The molecule has 0 aliphatic carbocycles. The second-order valence-electron chi connectivity index (χ2n) is 5.65. The first kappa shape index (κ1) is 20.3. The van der Waals surface area contributed by atoms with Gasteiger partial charge in [-0.2, -0.15) is 0 Å². The molecule has 0 aromatic heterocycles. The van der Waals surface area contributed by atoms with Crippen LogP contribution in [0.5, 0.6) is 11.5 Å².